The number of carboxylic acids is 1. The molecule has 1 unspecified atom stereocenters. The summed E-state index contributed by atoms with van der Waals surface area (Å²) in [6.07, 6.45) is 1.79. The standard InChI is InChI=1S/C12H23NO5S/c1-12(2)6-4-7-13(10(12)11(14)15)19(16,17)9-5-8-18-3/h10H,4-9H2,1-3H3,(H,14,15). The molecule has 1 saturated heterocycles. The Morgan fingerprint density at radius 1 is 1.47 bits per heavy atom. The third kappa shape index (κ3) is 3.90. The summed E-state index contributed by atoms with van der Waals surface area (Å²) in [5.41, 5.74) is -0.543. The maximum atomic E-state index is 12.3. The molecular formula is C12H23NO5S. The number of carboxylic acid groups (broad SMARTS) is 1. The van der Waals surface area contributed by atoms with Crippen LogP contribution in [0.3, 0.4) is 0 Å². The number of sulfonamides is 1. The number of carbonyl (C=O) groups is 1. The topological polar surface area (TPSA) is 83.9 Å². The number of rotatable bonds is 6. The Bertz CT molecular complexity index is 418. The molecule has 6 nitrogen and oxygen atoms in total. The van der Waals surface area contributed by atoms with Crippen molar-refractivity contribution in [3.8, 4) is 0 Å². The molecule has 0 aromatic rings. The highest BCUT2D eigenvalue weighted by Gasteiger charge is 2.46. The number of aliphatic carboxylic acids is 1. The minimum Gasteiger partial charge on any atom is -0.480 e. The SMILES string of the molecule is COCCCS(=O)(=O)N1CCCC(C)(C)C1C(=O)O. The van der Waals surface area contributed by atoms with Crippen LogP contribution in [0.4, 0.5) is 0 Å². The van der Waals surface area contributed by atoms with Crippen LogP contribution >= 0.6 is 0 Å². The molecule has 1 rings (SSSR count). The van der Waals surface area contributed by atoms with Crippen molar-refractivity contribution in [2.75, 3.05) is 26.0 Å². The van der Waals surface area contributed by atoms with E-state index in [2.05, 4.69) is 0 Å². The Kier molecular flexibility index (Phi) is 5.34. The van der Waals surface area contributed by atoms with Crippen molar-refractivity contribution in [3.05, 3.63) is 0 Å². The molecule has 112 valence electrons. The maximum Gasteiger partial charge on any atom is 0.322 e. The van der Waals surface area contributed by atoms with Crippen molar-refractivity contribution in [3.63, 3.8) is 0 Å². The summed E-state index contributed by atoms with van der Waals surface area (Å²) in [4.78, 5) is 11.4. The molecule has 0 saturated carbocycles. The van der Waals surface area contributed by atoms with Crippen molar-refractivity contribution in [1.29, 1.82) is 0 Å². The van der Waals surface area contributed by atoms with Gasteiger partial charge in [0.15, 0.2) is 0 Å². The van der Waals surface area contributed by atoms with Crippen LogP contribution in [0.5, 0.6) is 0 Å². The highest BCUT2D eigenvalue weighted by molar-refractivity contribution is 7.89. The first-order valence-electron chi connectivity index (χ1n) is 6.43. The van der Waals surface area contributed by atoms with Gasteiger partial charge in [-0.3, -0.25) is 4.79 Å². The molecule has 1 atom stereocenters. The van der Waals surface area contributed by atoms with Gasteiger partial charge in [0.05, 0.1) is 5.75 Å². The summed E-state index contributed by atoms with van der Waals surface area (Å²) < 4.78 is 30.5. The predicted octanol–water partition coefficient (Wildman–Crippen LogP) is 0.928. The Morgan fingerprint density at radius 3 is 2.63 bits per heavy atom. The molecule has 1 aliphatic rings. The van der Waals surface area contributed by atoms with Gasteiger partial charge in [0.2, 0.25) is 10.0 Å². The third-order valence-electron chi connectivity index (χ3n) is 3.57. The lowest BCUT2D eigenvalue weighted by molar-refractivity contribution is -0.147. The molecule has 0 aromatic carbocycles. The molecule has 1 N–H and O–H groups in total. The Balaban J connectivity index is 2.92. The minimum absolute atomic E-state index is 0.0687. The molecular weight excluding hydrogens is 270 g/mol. The van der Waals surface area contributed by atoms with Crippen LogP contribution in [0.25, 0.3) is 0 Å². The lowest BCUT2D eigenvalue weighted by atomic mass is 9.77. The Hall–Kier alpha value is -0.660. The second-order valence-electron chi connectivity index (χ2n) is 5.61. The molecule has 1 fully saturated rings. The average Bonchev–Trinajstić information content (AvgIpc) is 2.27. The van der Waals surface area contributed by atoms with Crippen molar-refractivity contribution in [2.45, 2.75) is 39.2 Å². The van der Waals surface area contributed by atoms with Crippen LogP contribution in [-0.4, -0.2) is 55.9 Å². The largest absolute Gasteiger partial charge is 0.480 e. The molecule has 0 aliphatic carbocycles. The highest BCUT2D eigenvalue weighted by atomic mass is 32.2. The number of hydrogen-bond donors (Lipinski definition) is 1. The lowest BCUT2D eigenvalue weighted by Crippen LogP contribution is -2.56. The summed E-state index contributed by atoms with van der Waals surface area (Å²) in [5, 5.41) is 9.35. The van der Waals surface area contributed by atoms with E-state index in [1.807, 2.05) is 13.8 Å². The molecule has 0 radical (unpaired) electrons. The van der Waals surface area contributed by atoms with Gasteiger partial charge in [0, 0.05) is 20.3 Å². The van der Waals surface area contributed by atoms with E-state index < -0.39 is 27.4 Å². The third-order valence-corrected chi connectivity index (χ3v) is 5.48. The molecule has 0 aromatic heterocycles. The zero-order valence-electron chi connectivity index (χ0n) is 11.8. The van der Waals surface area contributed by atoms with E-state index in [0.717, 1.165) is 4.31 Å². The van der Waals surface area contributed by atoms with E-state index in [-0.39, 0.29) is 12.3 Å². The van der Waals surface area contributed by atoms with Gasteiger partial charge in [-0.05, 0) is 24.7 Å². The monoisotopic (exact) mass is 293 g/mol. The van der Waals surface area contributed by atoms with Crippen LogP contribution < -0.4 is 0 Å². The summed E-state index contributed by atoms with van der Waals surface area (Å²) in [7, 11) is -2.04. The fourth-order valence-electron chi connectivity index (χ4n) is 2.61. The number of ether oxygens (including phenoxy) is 1. The van der Waals surface area contributed by atoms with E-state index >= 15 is 0 Å². The van der Waals surface area contributed by atoms with E-state index in [9.17, 15) is 18.3 Å². The summed E-state index contributed by atoms with van der Waals surface area (Å²) in [5.74, 6) is -1.14. The van der Waals surface area contributed by atoms with Crippen molar-refractivity contribution in [2.24, 2.45) is 5.41 Å². The molecule has 0 bridgehead atoms. The molecule has 0 amide bonds. The maximum absolute atomic E-state index is 12.3. The number of methoxy groups -OCH3 is 1. The molecule has 19 heavy (non-hydrogen) atoms. The van der Waals surface area contributed by atoms with Gasteiger partial charge in [0.1, 0.15) is 6.04 Å². The number of nitrogens with zero attached hydrogens (tertiary/aromatic N) is 1. The van der Waals surface area contributed by atoms with Crippen molar-refractivity contribution in [1.82, 2.24) is 4.31 Å². The Labute approximate surface area is 114 Å². The van der Waals surface area contributed by atoms with Crippen molar-refractivity contribution < 1.29 is 23.1 Å². The molecule has 1 heterocycles. The number of piperidine rings is 1. The van der Waals surface area contributed by atoms with E-state index in [0.29, 0.717) is 25.9 Å². The summed E-state index contributed by atoms with van der Waals surface area (Å²) in [6, 6.07) is -0.978. The zero-order valence-corrected chi connectivity index (χ0v) is 12.6. The highest BCUT2D eigenvalue weighted by Crippen LogP contribution is 2.36. The van der Waals surface area contributed by atoms with Gasteiger partial charge in [-0.1, -0.05) is 13.8 Å². The molecule has 1 aliphatic heterocycles. The van der Waals surface area contributed by atoms with Gasteiger partial charge < -0.3 is 9.84 Å². The average molecular weight is 293 g/mol. The van der Waals surface area contributed by atoms with Gasteiger partial charge >= 0.3 is 5.97 Å². The summed E-state index contributed by atoms with van der Waals surface area (Å²) in [6.45, 7) is 4.26. The fraction of sp³-hybridized carbons (Fsp3) is 0.917. The van der Waals surface area contributed by atoms with Crippen LogP contribution in [-0.2, 0) is 19.6 Å². The quantitative estimate of drug-likeness (QED) is 0.736. The first kappa shape index (κ1) is 16.4. The Morgan fingerprint density at radius 2 is 2.11 bits per heavy atom. The number of hydrogen-bond acceptors (Lipinski definition) is 4. The fourth-order valence-corrected chi connectivity index (χ4v) is 4.43. The van der Waals surface area contributed by atoms with Crippen LogP contribution in [0.2, 0.25) is 0 Å². The van der Waals surface area contributed by atoms with Gasteiger partial charge in [-0.2, -0.15) is 4.31 Å². The normalized spacial score (nSPS) is 24.3. The second kappa shape index (κ2) is 6.19. The predicted molar refractivity (Wildman–Crippen MR) is 71.4 cm³/mol. The van der Waals surface area contributed by atoms with E-state index in [1.54, 1.807) is 0 Å². The van der Waals surface area contributed by atoms with Crippen LogP contribution in [0.15, 0.2) is 0 Å². The first-order chi connectivity index (χ1) is 8.72. The van der Waals surface area contributed by atoms with Crippen LogP contribution in [0.1, 0.15) is 33.1 Å². The summed E-state index contributed by atoms with van der Waals surface area (Å²) >= 11 is 0. The van der Waals surface area contributed by atoms with Crippen LogP contribution in [0, 0.1) is 5.41 Å². The van der Waals surface area contributed by atoms with Gasteiger partial charge in [0.25, 0.3) is 0 Å². The second-order valence-corrected chi connectivity index (χ2v) is 7.65. The molecule has 0 spiro atoms. The first-order valence-corrected chi connectivity index (χ1v) is 8.04. The van der Waals surface area contributed by atoms with Crippen molar-refractivity contribution >= 4 is 16.0 Å². The molecule has 7 heteroatoms. The van der Waals surface area contributed by atoms with Gasteiger partial charge in [-0.15, -0.1) is 0 Å². The minimum atomic E-state index is -3.55. The smallest absolute Gasteiger partial charge is 0.322 e. The lowest BCUT2D eigenvalue weighted by Gasteiger charge is -2.43. The zero-order chi connectivity index (χ0) is 14.7. The van der Waals surface area contributed by atoms with E-state index in [4.69, 9.17) is 4.74 Å². The van der Waals surface area contributed by atoms with E-state index in [1.165, 1.54) is 7.11 Å². The van der Waals surface area contributed by atoms with Gasteiger partial charge in [-0.25, -0.2) is 8.42 Å².